The number of hydrogen-bond donors (Lipinski definition) is 4. The van der Waals surface area contributed by atoms with Gasteiger partial charge < -0.3 is 20.8 Å². The Morgan fingerprint density at radius 3 is 2.48 bits per heavy atom. The first kappa shape index (κ1) is 16.9. The Kier molecular flexibility index (Phi) is 6.10. The van der Waals surface area contributed by atoms with E-state index in [0.29, 0.717) is 5.01 Å². The van der Waals surface area contributed by atoms with Crippen molar-refractivity contribution in [3.05, 3.63) is 16.1 Å². The van der Waals surface area contributed by atoms with Crippen LogP contribution in [-0.2, 0) is 9.59 Å². The number of hydrogen-bond acceptors (Lipinski definition) is 5. The van der Waals surface area contributed by atoms with Gasteiger partial charge in [-0.25, -0.2) is 14.6 Å². The van der Waals surface area contributed by atoms with E-state index < -0.39 is 24.0 Å². The first-order valence-corrected chi connectivity index (χ1v) is 7.05. The molecule has 0 aliphatic rings. The van der Waals surface area contributed by atoms with Crippen LogP contribution in [0.25, 0.3) is 0 Å². The summed E-state index contributed by atoms with van der Waals surface area (Å²) >= 11 is 1.43. The topological polar surface area (TPSA) is 129 Å². The summed E-state index contributed by atoms with van der Waals surface area (Å²) in [5, 5.41) is 23.0. The van der Waals surface area contributed by atoms with Gasteiger partial charge in [0.15, 0.2) is 0 Å². The normalized spacial score (nSPS) is 13.2. The zero-order valence-electron chi connectivity index (χ0n) is 11.6. The average molecular weight is 315 g/mol. The molecule has 8 nitrogen and oxygen atoms in total. The van der Waals surface area contributed by atoms with Crippen molar-refractivity contribution in [1.29, 1.82) is 0 Å². The summed E-state index contributed by atoms with van der Waals surface area (Å²) in [7, 11) is 0. The fourth-order valence-corrected chi connectivity index (χ4v) is 2.33. The van der Waals surface area contributed by atoms with Crippen molar-refractivity contribution in [3.63, 3.8) is 0 Å². The third-order valence-electron chi connectivity index (χ3n) is 2.61. The maximum atomic E-state index is 11.7. The minimum atomic E-state index is -1.27. The second-order valence-electron chi connectivity index (χ2n) is 4.47. The number of rotatable bonds is 7. The molecule has 0 bridgehead atoms. The fourth-order valence-electron chi connectivity index (χ4n) is 1.56. The lowest BCUT2D eigenvalue weighted by molar-refractivity contribution is -0.140. The molecular weight excluding hydrogens is 298 g/mol. The van der Waals surface area contributed by atoms with Crippen LogP contribution in [0.5, 0.6) is 0 Å². The summed E-state index contributed by atoms with van der Waals surface area (Å²) < 4.78 is 0. The zero-order chi connectivity index (χ0) is 16.0. The van der Waals surface area contributed by atoms with E-state index in [1.165, 1.54) is 11.3 Å². The van der Waals surface area contributed by atoms with Crippen molar-refractivity contribution >= 4 is 29.3 Å². The summed E-state index contributed by atoms with van der Waals surface area (Å²) in [6, 6.07) is -2.28. The van der Waals surface area contributed by atoms with E-state index in [1.807, 2.05) is 6.92 Å². The molecule has 2 amide bonds. The minimum Gasteiger partial charge on any atom is -0.481 e. The summed E-state index contributed by atoms with van der Waals surface area (Å²) in [5.74, 6) is -2.39. The van der Waals surface area contributed by atoms with E-state index in [-0.39, 0.29) is 18.9 Å². The molecule has 1 aromatic heterocycles. The van der Waals surface area contributed by atoms with Crippen LogP contribution in [0.3, 0.4) is 0 Å². The summed E-state index contributed by atoms with van der Waals surface area (Å²) in [6.07, 6.45) is 1.17. The molecule has 0 saturated carbocycles. The van der Waals surface area contributed by atoms with Crippen molar-refractivity contribution in [3.8, 4) is 0 Å². The molecule has 4 N–H and O–H groups in total. The number of aryl methyl sites for hydroxylation is 1. The van der Waals surface area contributed by atoms with Gasteiger partial charge in [0, 0.05) is 17.5 Å². The molecule has 0 aliphatic heterocycles. The number of carboxylic acid groups (broad SMARTS) is 2. The molecule has 116 valence electrons. The molecule has 1 rings (SSSR count). The van der Waals surface area contributed by atoms with Gasteiger partial charge in [-0.05, 0) is 20.3 Å². The van der Waals surface area contributed by atoms with Crippen LogP contribution in [0.4, 0.5) is 4.79 Å². The standard InChI is InChI=1S/C12H17N3O5S/c1-6-5-13-10(21-6)7(2)14-12(20)15-8(11(18)19)3-4-9(16)17/h5,7-8H,3-4H2,1-2H3,(H,16,17)(H,18,19)(H2,14,15,20). The van der Waals surface area contributed by atoms with Crippen LogP contribution < -0.4 is 10.6 Å². The highest BCUT2D eigenvalue weighted by Crippen LogP contribution is 2.18. The van der Waals surface area contributed by atoms with Crippen LogP contribution >= 0.6 is 11.3 Å². The van der Waals surface area contributed by atoms with Gasteiger partial charge in [0.2, 0.25) is 0 Å². The highest BCUT2D eigenvalue weighted by molar-refractivity contribution is 7.11. The number of carboxylic acids is 2. The molecule has 0 spiro atoms. The number of urea groups is 1. The van der Waals surface area contributed by atoms with E-state index in [4.69, 9.17) is 10.2 Å². The van der Waals surface area contributed by atoms with Crippen molar-refractivity contribution in [2.75, 3.05) is 0 Å². The Bertz CT molecular complexity index is 531. The predicted molar refractivity (Wildman–Crippen MR) is 75.2 cm³/mol. The highest BCUT2D eigenvalue weighted by atomic mass is 32.1. The zero-order valence-corrected chi connectivity index (χ0v) is 12.4. The molecule has 1 heterocycles. The van der Waals surface area contributed by atoms with E-state index in [9.17, 15) is 14.4 Å². The lowest BCUT2D eigenvalue weighted by Crippen LogP contribution is -2.46. The molecule has 2 unspecified atom stereocenters. The average Bonchev–Trinajstić information content (AvgIpc) is 2.80. The monoisotopic (exact) mass is 315 g/mol. The second kappa shape index (κ2) is 7.58. The van der Waals surface area contributed by atoms with E-state index in [1.54, 1.807) is 13.1 Å². The third kappa shape index (κ3) is 5.78. The second-order valence-corrected chi connectivity index (χ2v) is 5.74. The molecule has 1 aromatic rings. The van der Waals surface area contributed by atoms with Gasteiger partial charge in [0.25, 0.3) is 0 Å². The number of carbonyl (C=O) groups excluding carboxylic acids is 1. The Morgan fingerprint density at radius 2 is 2.00 bits per heavy atom. The van der Waals surface area contributed by atoms with E-state index in [0.717, 1.165) is 4.88 Å². The molecule has 0 aliphatic carbocycles. The molecule has 0 fully saturated rings. The number of nitrogens with zero attached hydrogens (tertiary/aromatic N) is 1. The number of nitrogens with one attached hydrogen (secondary N) is 2. The van der Waals surface area contributed by atoms with Gasteiger partial charge in [0.1, 0.15) is 11.0 Å². The van der Waals surface area contributed by atoms with Crippen LogP contribution in [0.15, 0.2) is 6.20 Å². The molecule has 21 heavy (non-hydrogen) atoms. The van der Waals surface area contributed by atoms with Crippen LogP contribution in [-0.4, -0.2) is 39.2 Å². The smallest absolute Gasteiger partial charge is 0.326 e. The highest BCUT2D eigenvalue weighted by Gasteiger charge is 2.22. The van der Waals surface area contributed by atoms with Gasteiger partial charge in [-0.1, -0.05) is 0 Å². The van der Waals surface area contributed by atoms with E-state index >= 15 is 0 Å². The maximum absolute atomic E-state index is 11.7. The predicted octanol–water partition coefficient (Wildman–Crippen LogP) is 1.13. The molecule has 0 radical (unpaired) electrons. The maximum Gasteiger partial charge on any atom is 0.326 e. The Balaban J connectivity index is 2.53. The van der Waals surface area contributed by atoms with Crippen molar-refractivity contribution in [2.45, 2.75) is 38.8 Å². The fraction of sp³-hybridized carbons (Fsp3) is 0.500. The van der Waals surface area contributed by atoms with Gasteiger partial charge in [-0.2, -0.15) is 0 Å². The summed E-state index contributed by atoms with van der Waals surface area (Å²) in [4.78, 5) is 38.3. The van der Waals surface area contributed by atoms with Crippen molar-refractivity contribution in [2.24, 2.45) is 0 Å². The molecule has 0 saturated heterocycles. The van der Waals surface area contributed by atoms with Gasteiger partial charge in [0.05, 0.1) is 6.04 Å². The molecule has 9 heteroatoms. The minimum absolute atomic E-state index is 0.178. The summed E-state index contributed by atoms with van der Waals surface area (Å²) in [5.41, 5.74) is 0. The molecular formula is C12H17N3O5S. The molecule has 0 aromatic carbocycles. The Hall–Kier alpha value is -2.16. The first-order valence-electron chi connectivity index (χ1n) is 6.23. The number of amides is 2. The van der Waals surface area contributed by atoms with E-state index in [2.05, 4.69) is 15.6 Å². The van der Waals surface area contributed by atoms with Gasteiger partial charge >= 0.3 is 18.0 Å². The number of aliphatic carboxylic acids is 2. The quantitative estimate of drug-likeness (QED) is 0.597. The SMILES string of the molecule is Cc1cnc(C(C)NC(=O)NC(CCC(=O)O)C(=O)O)s1. The number of aromatic nitrogens is 1. The number of carbonyl (C=O) groups is 3. The lowest BCUT2D eigenvalue weighted by atomic mass is 10.1. The Morgan fingerprint density at radius 1 is 1.33 bits per heavy atom. The summed E-state index contributed by atoms with van der Waals surface area (Å²) in [6.45, 7) is 3.62. The van der Waals surface area contributed by atoms with Crippen molar-refractivity contribution < 1.29 is 24.6 Å². The third-order valence-corrected chi connectivity index (χ3v) is 3.70. The van der Waals surface area contributed by atoms with Crippen molar-refractivity contribution in [1.82, 2.24) is 15.6 Å². The Labute approximate surface area is 125 Å². The van der Waals surface area contributed by atoms with Crippen LogP contribution in [0.1, 0.15) is 35.7 Å². The molecule has 2 atom stereocenters. The van der Waals surface area contributed by atoms with Gasteiger partial charge in [-0.3, -0.25) is 4.79 Å². The van der Waals surface area contributed by atoms with Crippen LogP contribution in [0.2, 0.25) is 0 Å². The number of thiazole rings is 1. The largest absolute Gasteiger partial charge is 0.481 e. The first-order chi connectivity index (χ1) is 9.79. The lowest BCUT2D eigenvalue weighted by Gasteiger charge is -2.16. The van der Waals surface area contributed by atoms with Crippen LogP contribution in [0, 0.1) is 6.92 Å². The van der Waals surface area contributed by atoms with Gasteiger partial charge in [-0.15, -0.1) is 11.3 Å².